The second-order valence-electron chi connectivity index (χ2n) is 0. The van der Waals surface area contributed by atoms with E-state index in [1.165, 1.54) is 0 Å². The van der Waals surface area contributed by atoms with Crippen molar-refractivity contribution in [3.05, 3.63) is 0 Å². The van der Waals surface area contributed by atoms with E-state index in [9.17, 15) is 0 Å². The summed E-state index contributed by atoms with van der Waals surface area (Å²) < 4.78 is 0. The summed E-state index contributed by atoms with van der Waals surface area (Å²) in [6, 6.07) is 0. The van der Waals surface area contributed by atoms with Crippen LogP contribution in [0, 0.1) is 0 Å². The third-order valence-electron chi connectivity index (χ3n) is 0. The molecule has 0 saturated heterocycles. The first-order chi connectivity index (χ1) is 0. The van der Waals surface area contributed by atoms with E-state index < -0.39 is 0 Å². The van der Waals surface area contributed by atoms with Crippen molar-refractivity contribution in [1.82, 2.24) is 0 Å². The van der Waals surface area contributed by atoms with Gasteiger partial charge in [-0.05, 0) is 0 Å². The summed E-state index contributed by atoms with van der Waals surface area (Å²) in [5.41, 5.74) is 0. The zero-order chi connectivity index (χ0) is 0. The second-order valence-corrected chi connectivity index (χ2v) is 0. The van der Waals surface area contributed by atoms with Gasteiger partial charge in [0.05, 0.1) is 0 Å². The van der Waals surface area contributed by atoms with Gasteiger partial charge in [-0.25, -0.2) is 0 Å². The summed E-state index contributed by atoms with van der Waals surface area (Å²) >= 11 is 0. The molecule has 0 bridgehead atoms. The van der Waals surface area contributed by atoms with E-state index in [2.05, 4.69) is 0 Å². The first-order valence-electron chi connectivity index (χ1n) is 0. The van der Waals surface area contributed by atoms with E-state index in [0.29, 0.717) is 0 Å². The monoisotopic (exact) mass is 253 g/mol. The molecule has 5 heteroatoms. The van der Waals surface area contributed by atoms with Crippen molar-refractivity contribution in [2.45, 2.75) is 0 Å². The summed E-state index contributed by atoms with van der Waals surface area (Å²) in [6.45, 7) is 0. The molecule has 1 radical (unpaired) electrons. The maximum absolute atomic E-state index is 0. The van der Waals surface area contributed by atoms with Gasteiger partial charge in [-0.2, -0.15) is 0 Å². The molecule has 0 rings (SSSR count). The Labute approximate surface area is 59.8 Å². The number of rotatable bonds is 0. The standard InChI is InChI=1S/Ag.Mo.3O/q;+6;3*-2. The van der Waals surface area contributed by atoms with Crippen LogP contribution in [0.1, 0.15) is 0 Å². The molecular formula is AgMoO3. The predicted octanol–water partition coefficient (Wildman–Crippen LogP) is -0.361. The van der Waals surface area contributed by atoms with Gasteiger partial charge in [0, 0.05) is 22.4 Å². The van der Waals surface area contributed by atoms with Crippen molar-refractivity contribution in [2.75, 3.05) is 0 Å². The SMILES string of the molecule is [Ag].[Mo+6].[O-2].[O-2].[O-2]. The van der Waals surface area contributed by atoms with E-state index in [1.54, 1.807) is 0 Å². The normalized spacial score (nSPS) is 0. The van der Waals surface area contributed by atoms with Crippen LogP contribution in [0.2, 0.25) is 0 Å². The van der Waals surface area contributed by atoms with Crippen LogP contribution in [0.5, 0.6) is 0 Å². The molecular weight excluding hydrogens is 252 g/mol. The molecule has 3 nitrogen and oxygen atoms in total. The van der Waals surface area contributed by atoms with Gasteiger partial charge in [-0.3, -0.25) is 0 Å². The Morgan fingerprint density at radius 3 is 0.600 bits per heavy atom. The molecule has 0 aliphatic carbocycles. The van der Waals surface area contributed by atoms with E-state index >= 15 is 0 Å². The molecule has 0 aromatic carbocycles. The average molecular weight is 252 g/mol. The third-order valence-corrected chi connectivity index (χ3v) is 0. The van der Waals surface area contributed by atoms with E-state index in [0.717, 1.165) is 0 Å². The summed E-state index contributed by atoms with van der Waals surface area (Å²) in [7, 11) is 0. The zero-order valence-corrected chi connectivity index (χ0v) is 5.42. The molecule has 0 atom stereocenters. The average Bonchev–Trinajstić information content (AvgIpc) is 0. The fraction of sp³-hybridized carbons (Fsp3) is 0. The Bertz CT molecular complexity index is 6.85. The molecule has 0 aromatic rings. The summed E-state index contributed by atoms with van der Waals surface area (Å²) in [5.74, 6) is 0. The van der Waals surface area contributed by atoms with Gasteiger partial charge in [0.1, 0.15) is 0 Å². The Kier molecular flexibility index (Phi) is 1200. The quantitative estimate of drug-likeness (QED) is 0.527. The van der Waals surface area contributed by atoms with E-state index in [1.807, 2.05) is 0 Å². The summed E-state index contributed by atoms with van der Waals surface area (Å²) in [4.78, 5) is 0. The predicted molar refractivity (Wildman–Crippen MR) is 2.06 cm³/mol. The third kappa shape index (κ3) is 33.9. The summed E-state index contributed by atoms with van der Waals surface area (Å²) in [6.07, 6.45) is 0. The minimum Gasteiger partial charge on any atom is -2.00 e. The number of hydrogen-bond donors (Lipinski definition) is 0. The van der Waals surface area contributed by atoms with Crippen molar-refractivity contribution in [2.24, 2.45) is 0 Å². The van der Waals surface area contributed by atoms with Crippen LogP contribution in [-0.4, -0.2) is 0 Å². The molecule has 0 N–H and O–H groups in total. The first-order valence-corrected chi connectivity index (χ1v) is 0. The van der Waals surface area contributed by atoms with Crippen LogP contribution in [0.25, 0.3) is 0 Å². The van der Waals surface area contributed by atoms with E-state index in [4.69, 9.17) is 0 Å². The maximum Gasteiger partial charge on any atom is 6.00 e. The first kappa shape index (κ1) is 104. The molecule has 0 heterocycles. The second kappa shape index (κ2) is 57.6. The molecule has 0 aliphatic heterocycles. The van der Waals surface area contributed by atoms with Gasteiger partial charge < -0.3 is 16.4 Å². The van der Waals surface area contributed by atoms with Crippen molar-refractivity contribution < 1.29 is 59.9 Å². The molecule has 0 spiro atoms. The van der Waals surface area contributed by atoms with Crippen LogP contribution in [0.15, 0.2) is 0 Å². The van der Waals surface area contributed by atoms with Gasteiger partial charge in [-0.15, -0.1) is 0 Å². The maximum atomic E-state index is 0. The minimum absolute atomic E-state index is 0. The van der Waals surface area contributed by atoms with Gasteiger partial charge in [-0.1, -0.05) is 0 Å². The molecule has 0 aliphatic rings. The summed E-state index contributed by atoms with van der Waals surface area (Å²) in [5, 5.41) is 0. The smallest absolute Gasteiger partial charge is 2.00 e. The van der Waals surface area contributed by atoms with Crippen LogP contribution in [0.3, 0.4) is 0 Å². The van der Waals surface area contributed by atoms with Gasteiger partial charge >= 0.3 is 21.1 Å². The Morgan fingerprint density at radius 1 is 0.600 bits per heavy atom. The molecule has 0 aromatic heterocycles. The van der Waals surface area contributed by atoms with Gasteiger partial charge in [0.2, 0.25) is 0 Å². The molecule has 0 saturated carbocycles. The minimum atomic E-state index is 0. The molecule has 0 amide bonds. The van der Waals surface area contributed by atoms with Gasteiger partial charge in [0.15, 0.2) is 0 Å². The van der Waals surface area contributed by atoms with Gasteiger partial charge in [0.25, 0.3) is 0 Å². The Morgan fingerprint density at radius 2 is 0.600 bits per heavy atom. The van der Waals surface area contributed by atoms with Crippen molar-refractivity contribution in [3.63, 3.8) is 0 Å². The topological polar surface area (TPSA) is 85.5 Å². The molecule has 35 valence electrons. The van der Waals surface area contributed by atoms with Crippen LogP contribution >= 0.6 is 0 Å². The fourth-order valence-corrected chi connectivity index (χ4v) is 0. The van der Waals surface area contributed by atoms with Crippen molar-refractivity contribution in [1.29, 1.82) is 0 Å². The Balaban J connectivity index is 0. The van der Waals surface area contributed by atoms with Crippen LogP contribution in [-0.2, 0) is 59.9 Å². The molecule has 0 unspecified atom stereocenters. The molecule has 0 fully saturated rings. The van der Waals surface area contributed by atoms with Crippen LogP contribution < -0.4 is 0 Å². The fourth-order valence-electron chi connectivity index (χ4n) is 0. The zero-order valence-electron chi connectivity index (χ0n) is 1.93. The van der Waals surface area contributed by atoms with Crippen molar-refractivity contribution in [3.8, 4) is 0 Å². The largest absolute Gasteiger partial charge is 6.00 e. The van der Waals surface area contributed by atoms with E-state index in [-0.39, 0.29) is 59.9 Å². The number of hydrogen-bond acceptors (Lipinski definition) is 0. The van der Waals surface area contributed by atoms with Crippen molar-refractivity contribution >= 4 is 0 Å². The van der Waals surface area contributed by atoms with Crippen LogP contribution in [0.4, 0.5) is 0 Å². The Hall–Kier alpha value is 1.31. The molecule has 5 heavy (non-hydrogen) atoms.